The largest absolute Gasteiger partial charge is 0.381 e. The number of aryl methyl sites for hydroxylation is 1. The van der Waals surface area contributed by atoms with Crippen LogP contribution in [0.1, 0.15) is 24.1 Å². The zero-order valence-electron chi connectivity index (χ0n) is 9.16. The summed E-state index contributed by atoms with van der Waals surface area (Å²) in [5, 5.41) is 9.90. The Bertz CT molecular complexity index is 433. The van der Waals surface area contributed by atoms with Crippen molar-refractivity contribution in [3.8, 4) is 6.07 Å². The zero-order chi connectivity index (χ0) is 11.6. The molecule has 0 bridgehead atoms. The van der Waals surface area contributed by atoms with Gasteiger partial charge in [-0.15, -0.1) is 0 Å². The lowest BCUT2D eigenvalue weighted by atomic mass is 9.75. The van der Waals surface area contributed by atoms with E-state index < -0.39 is 5.41 Å². The van der Waals surface area contributed by atoms with Crippen LogP contribution in [0.5, 0.6) is 0 Å². The van der Waals surface area contributed by atoms with Gasteiger partial charge >= 0.3 is 0 Å². The van der Waals surface area contributed by atoms with Gasteiger partial charge in [0.25, 0.3) is 0 Å². The van der Waals surface area contributed by atoms with E-state index in [1.165, 1.54) is 0 Å². The maximum absolute atomic E-state index is 9.42. The first-order valence-corrected chi connectivity index (χ1v) is 5.68. The summed E-state index contributed by atoms with van der Waals surface area (Å²) in [4.78, 5) is 4.22. The van der Waals surface area contributed by atoms with Crippen molar-refractivity contribution in [3.05, 3.63) is 28.5 Å². The molecular formula is C12H13ClN2O. The van der Waals surface area contributed by atoms with Crippen molar-refractivity contribution in [2.45, 2.75) is 25.2 Å². The number of hydrogen-bond donors (Lipinski definition) is 0. The third-order valence-electron chi connectivity index (χ3n) is 3.13. The Morgan fingerprint density at radius 1 is 1.44 bits per heavy atom. The average Bonchev–Trinajstić information content (AvgIpc) is 2.30. The standard InChI is InChI=1S/C12H13ClN2O/c1-9-10(2-3-11(13)15-9)12(8-14)4-6-16-7-5-12/h2-3H,4-7H2,1H3. The van der Waals surface area contributed by atoms with Gasteiger partial charge in [-0.1, -0.05) is 17.7 Å². The number of hydrogen-bond acceptors (Lipinski definition) is 3. The molecule has 1 aliphatic rings. The molecular weight excluding hydrogens is 224 g/mol. The van der Waals surface area contributed by atoms with Crippen LogP contribution in [-0.2, 0) is 10.2 Å². The summed E-state index contributed by atoms with van der Waals surface area (Å²) in [6.07, 6.45) is 1.46. The SMILES string of the molecule is Cc1nc(Cl)ccc1C1(C#N)CCOCC1. The van der Waals surface area contributed by atoms with Crippen molar-refractivity contribution < 1.29 is 4.74 Å². The van der Waals surface area contributed by atoms with Crippen molar-refractivity contribution in [1.29, 1.82) is 5.26 Å². The van der Waals surface area contributed by atoms with Gasteiger partial charge in [0.2, 0.25) is 0 Å². The predicted octanol–water partition coefficient (Wildman–Crippen LogP) is 2.62. The molecule has 0 unspecified atom stereocenters. The Morgan fingerprint density at radius 2 is 2.12 bits per heavy atom. The summed E-state index contributed by atoms with van der Waals surface area (Å²) in [6, 6.07) is 6.10. The molecule has 1 aliphatic heterocycles. The number of halogens is 1. The highest BCUT2D eigenvalue weighted by atomic mass is 35.5. The summed E-state index contributed by atoms with van der Waals surface area (Å²) in [6.45, 7) is 3.17. The molecule has 0 amide bonds. The minimum Gasteiger partial charge on any atom is -0.381 e. The Kier molecular flexibility index (Phi) is 3.13. The van der Waals surface area contributed by atoms with Crippen molar-refractivity contribution in [2.75, 3.05) is 13.2 Å². The molecule has 0 aromatic carbocycles. The Balaban J connectivity index is 2.44. The van der Waals surface area contributed by atoms with Gasteiger partial charge in [0, 0.05) is 18.9 Å². The van der Waals surface area contributed by atoms with E-state index in [9.17, 15) is 5.26 Å². The maximum atomic E-state index is 9.42. The summed E-state index contributed by atoms with van der Waals surface area (Å²) < 4.78 is 5.31. The summed E-state index contributed by atoms with van der Waals surface area (Å²) >= 11 is 5.83. The first-order valence-electron chi connectivity index (χ1n) is 5.30. The molecule has 0 saturated carbocycles. The summed E-state index contributed by atoms with van der Waals surface area (Å²) in [7, 11) is 0. The van der Waals surface area contributed by atoms with Gasteiger partial charge < -0.3 is 4.74 Å². The number of pyridine rings is 1. The quantitative estimate of drug-likeness (QED) is 0.705. The smallest absolute Gasteiger partial charge is 0.129 e. The van der Waals surface area contributed by atoms with Crippen LogP contribution < -0.4 is 0 Å². The molecule has 16 heavy (non-hydrogen) atoms. The van der Waals surface area contributed by atoms with E-state index in [0.717, 1.165) is 24.1 Å². The van der Waals surface area contributed by atoms with E-state index in [1.54, 1.807) is 6.07 Å². The number of aromatic nitrogens is 1. The van der Waals surface area contributed by atoms with Crippen LogP contribution in [0.4, 0.5) is 0 Å². The third kappa shape index (κ3) is 1.91. The summed E-state index contributed by atoms with van der Waals surface area (Å²) in [5.74, 6) is 0. The molecule has 0 aliphatic carbocycles. The molecule has 0 atom stereocenters. The number of ether oxygens (including phenoxy) is 1. The van der Waals surface area contributed by atoms with Crippen LogP contribution in [0, 0.1) is 18.3 Å². The molecule has 0 radical (unpaired) electrons. The first kappa shape index (κ1) is 11.4. The second-order valence-electron chi connectivity index (χ2n) is 4.07. The molecule has 0 spiro atoms. The van der Waals surface area contributed by atoms with Gasteiger partial charge in [0.05, 0.1) is 11.5 Å². The zero-order valence-corrected chi connectivity index (χ0v) is 9.92. The lowest BCUT2D eigenvalue weighted by Crippen LogP contribution is -2.33. The number of nitriles is 1. The molecule has 4 heteroatoms. The molecule has 1 aromatic heterocycles. The van der Waals surface area contributed by atoms with Gasteiger partial charge in [-0.3, -0.25) is 0 Å². The normalized spacial score (nSPS) is 19.1. The fourth-order valence-corrected chi connectivity index (χ4v) is 2.39. The molecule has 84 valence electrons. The van der Waals surface area contributed by atoms with Crippen molar-refractivity contribution in [1.82, 2.24) is 4.98 Å². The fourth-order valence-electron chi connectivity index (χ4n) is 2.20. The van der Waals surface area contributed by atoms with Gasteiger partial charge in [0.15, 0.2) is 0 Å². The predicted molar refractivity (Wildman–Crippen MR) is 61.3 cm³/mol. The highest BCUT2D eigenvalue weighted by molar-refractivity contribution is 6.29. The van der Waals surface area contributed by atoms with Gasteiger partial charge in [-0.25, -0.2) is 4.98 Å². The minimum atomic E-state index is -0.445. The van der Waals surface area contributed by atoms with Crippen LogP contribution in [-0.4, -0.2) is 18.2 Å². The first-order chi connectivity index (χ1) is 7.68. The minimum absolute atomic E-state index is 0.445. The Hall–Kier alpha value is -1.11. The molecule has 2 heterocycles. The van der Waals surface area contributed by atoms with E-state index in [2.05, 4.69) is 11.1 Å². The Labute approximate surface area is 100 Å². The van der Waals surface area contributed by atoms with E-state index >= 15 is 0 Å². The molecule has 3 nitrogen and oxygen atoms in total. The van der Waals surface area contributed by atoms with Gasteiger partial charge in [-0.05, 0) is 31.4 Å². The van der Waals surface area contributed by atoms with E-state index in [0.29, 0.717) is 18.4 Å². The van der Waals surface area contributed by atoms with Crippen LogP contribution in [0.25, 0.3) is 0 Å². The van der Waals surface area contributed by atoms with Crippen molar-refractivity contribution >= 4 is 11.6 Å². The van der Waals surface area contributed by atoms with Crippen LogP contribution >= 0.6 is 11.6 Å². The maximum Gasteiger partial charge on any atom is 0.129 e. The van der Waals surface area contributed by atoms with Crippen LogP contribution in [0.2, 0.25) is 5.15 Å². The molecule has 0 N–H and O–H groups in total. The molecule has 1 fully saturated rings. The molecule has 1 saturated heterocycles. The Morgan fingerprint density at radius 3 is 2.69 bits per heavy atom. The summed E-state index contributed by atoms with van der Waals surface area (Å²) in [5.41, 5.74) is 1.39. The molecule has 1 aromatic rings. The van der Waals surface area contributed by atoms with Crippen LogP contribution in [0.15, 0.2) is 12.1 Å². The van der Waals surface area contributed by atoms with E-state index in [-0.39, 0.29) is 0 Å². The monoisotopic (exact) mass is 236 g/mol. The topological polar surface area (TPSA) is 45.9 Å². The second-order valence-corrected chi connectivity index (χ2v) is 4.46. The fraction of sp³-hybridized carbons (Fsp3) is 0.500. The van der Waals surface area contributed by atoms with Gasteiger partial charge in [0.1, 0.15) is 5.15 Å². The highest BCUT2D eigenvalue weighted by Crippen LogP contribution is 2.35. The van der Waals surface area contributed by atoms with E-state index in [1.807, 2.05) is 13.0 Å². The lowest BCUT2D eigenvalue weighted by Gasteiger charge is -2.31. The van der Waals surface area contributed by atoms with E-state index in [4.69, 9.17) is 16.3 Å². The van der Waals surface area contributed by atoms with Crippen LogP contribution in [0.3, 0.4) is 0 Å². The highest BCUT2D eigenvalue weighted by Gasteiger charge is 2.36. The van der Waals surface area contributed by atoms with Crippen molar-refractivity contribution in [3.63, 3.8) is 0 Å². The number of rotatable bonds is 1. The lowest BCUT2D eigenvalue weighted by molar-refractivity contribution is 0.0673. The third-order valence-corrected chi connectivity index (χ3v) is 3.34. The average molecular weight is 237 g/mol. The van der Waals surface area contributed by atoms with Crippen molar-refractivity contribution in [2.24, 2.45) is 0 Å². The second kappa shape index (κ2) is 4.40. The van der Waals surface area contributed by atoms with Gasteiger partial charge in [-0.2, -0.15) is 5.26 Å². The number of nitrogens with zero attached hydrogens (tertiary/aromatic N) is 2. The molecule has 2 rings (SSSR count).